The minimum Gasteiger partial charge on any atom is -0.497 e. The van der Waals surface area contributed by atoms with E-state index < -0.39 is 5.60 Å². The molecule has 1 rings (SSSR count). The predicted octanol–water partition coefficient (Wildman–Crippen LogP) is 1.83. The molecule has 4 nitrogen and oxygen atoms in total. The largest absolute Gasteiger partial charge is 0.497 e. The van der Waals surface area contributed by atoms with Crippen LogP contribution in [0.2, 0.25) is 0 Å². The van der Waals surface area contributed by atoms with Crippen LogP contribution in [-0.4, -0.2) is 30.3 Å². The van der Waals surface area contributed by atoms with Crippen molar-refractivity contribution >= 4 is 5.91 Å². The summed E-state index contributed by atoms with van der Waals surface area (Å²) in [5, 5.41) is 12.8. The van der Waals surface area contributed by atoms with E-state index in [1.165, 1.54) is 0 Å². The molecule has 0 radical (unpaired) electrons. The van der Waals surface area contributed by atoms with Crippen molar-refractivity contribution in [3.63, 3.8) is 0 Å². The second kappa shape index (κ2) is 5.87. The Balaban J connectivity index is 2.60. The second-order valence-corrected chi connectivity index (χ2v) is 4.92. The van der Waals surface area contributed by atoms with Gasteiger partial charge in [-0.25, -0.2) is 0 Å². The van der Waals surface area contributed by atoms with Gasteiger partial charge in [0.25, 0.3) is 5.91 Å². The van der Waals surface area contributed by atoms with Crippen LogP contribution in [0.4, 0.5) is 0 Å². The monoisotopic (exact) mass is 251 g/mol. The molecule has 1 unspecified atom stereocenters. The van der Waals surface area contributed by atoms with Gasteiger partial charge in [0.1, 0.15) is 5.75 Å². The van der Waals surface area contributed by atoms with Crippen molar-refractivity contribution in [1.29, 1.82) is 0 Å². The number of carbonyl (C=O) groups is 1. The van der Waals surface area contributed by atoms with E-state index >= 15 is 0 Å². The Morgan fingerprint density at radius 2 is 1.94 bits per heavy atom. The summed E-state index contributed by atoms with van der Waals surface area (Å²) in [6.45, 7) is 5.78. The highest BCUT2D eigenvalue weighted by Gasteiger charge is 2.25. The van der Waals surface area contributed by atoms with Gasteiger partial charge in [0, 0.05) is 12.1 Å². The zero-order valence-corrected chi connectivity index (χ0v) is 11.4. The predicted molar refractivity (Wildman–Crippen MR) is 70.8 cm³/mol. The first-order chi connectivity index (χ1) is 8.36. The molecule has 1 aromatic rings. The van der Waals surface area contributed by atoms with Crippen LogP contribution in [-0.2, 0) is 0 Å². The van der Waals surface area contributed by atoms with Crippen molar-refractivity contribution in [3.8, 4) is 5.75 Å². The quantitative estimate of drug-likeness (QED) is 0.839. The van der Waals surface area contributed by atoms with Crippen LogP contribution < -0.4 is 10.1 Å². The van der Waals surface area contributed by atoms with E-state index in [4.69, 9.17) is 4.74 Å². The fourth-order valence-corrected chi connectivity index (χ4v) is 1.31. The molecular formula is C14H21NO3. The van der Waals surface area contributed by atoms with Crippen molar-refractivity contribution in [3.05, 3.63) is 29.8 Å². The average molecular weight is 251 g/mol. The number of hydrogen-bond donors (Lipinski definition) is 2. The smallest absolute Gasteiger partial charge is 0.251 e. The molecule has 0 aliphatic heterocycles. The van der Waals surface area contributed by atoms with Crippen LogP contribution in [0.15, 0.2) is 24.3 Å². The van der Waals surface area contributed by atoms with E-state index in [9.17, 15) is 9.90 Å². The third-order valence-corrected chi connectivity index (χ3v) is 3.20. The van der Waals surface area contributed by atoms with Crippen LogP contribution in [0.25, 0.3) is 0 Å². The van der Waals surface area contributed by atoms with Crippen molar-refractivity contribution in [2.24, 2.45) is 5.92 Å². The molecule has 0 bridgehead atoms. The molecule has 0 fully saturated rings. The number of rotatable bonds is 5. The maximum Gasteiger partial charge on any atom is 0.251 e. The maximum absolute atomic E-state index is 11.9. The number of hydrogen-bond acceptors (Lipinski definition) is 3. The number of carbonyl (C=O) groups excluding carboxylic acids is 1. The summed E-state index contributed by atoms with van der Waals surface area (Å²) in [7, 11) is 1.58. The van der Waals surface area contributed by atoms with Gasteiger partial charge in [-0.15, -0.1) is 0 Å². The second-order valence-electron chi connectivity index (χ2n) is 4.92. The van der Waals surface area contributed by atoms with Gasteiger partial charge in [-0.2, -0.15) is 0 Å². The minimum absolute atomic E-state index is 0.0775. The molecular weight excluding hydrogens is 230 g/mol. The number of amides is 1. The summed E-state index contributed by atoms with van der Waals surface area (Å²) in [5.74, 6) is 0.591. The average Bonchev–Trinajstić information content (AvgIpc) is 2.36. The molecule has 0 saturated carbocycles. The lowest BCUT2D eigenvalue weighted by molar-refractivity contribution is 0.0142. The van der Waals surface area contributed by atoms with Gasteiger partial charge in [0.2, 0.25) is 0 Å². The first kappa shape index (κ1) is 14.5. The summed E-state index contributed by atoms with van der Waals surface area (Å²) < 4.78 is 5.02. The van der Waals surface area contributed by atoms with Crippen LogP contribution in [0.1, 0.15) is 31.1 Å². The van der Waals surface area contributed by atoms with Gasteiger partial charge in [-0.3, -0.25) is 4.79 Å². The molecule has 0 aromatic heterocycles. The van der Waals surface area contributed by atoms with Gasteiger partial charge in [-0.05, 0) is 37.1 Å². The lowest BCUT2D eigenvalue weighted by Gasteiger charge is -2.27. The highest BCUT2D eigenvalue weighted by Crippen LogP contribution is 2.15. The molecule has 1 aromatic carbocycles. The molecule has 1 amide bonds. The molecule has 1 atom stereocenters. The number of aliphatic hydroxyl groups is 1. The zero-order valence-electron chi connectivity index (χ0n) is 11.4. The molecule has 0 spiro atoms. The van der Waals surface area contributed by atoms with Crippen LogP contribution in [0.5, 0.6) is 5.75 Å². The van der Waals surface area contributed by atoms with Gasteiger partial charge >= 0.3 is 0 Å². The first-order valence-corrected chi connectivity index (χ1v) is 6.01. The zero-order chi connectivity index (χ0) is 13.8. The summed E-state index contributed by atoms with van der Waals surface area (Å²) in [4.78, 5) is 11.9. The van der Waals surface area contributed by atoms with Crippen molar-refractivity contribution in [2.45, 2.75) is 26.4 Å². The first-order valence-electron chi connectivity index (χ1n) is 6.01. The molecule has 100 valence electrons. The van der Waals surface area contributed by atoms with Gasteiger partial charge in [0.15, 0.2) is 0 Å². The molecule has 0 heterocycles. The Morgan fingerprint density at radius 3 is 2.39 bits per heavy atom. The topological polar surface area (TPSA) is 58.6 Å². The standard InChI is InChI=1S/C14H21NO3/c1-10(2)14(3,17)9-15-13(16)11-5-7-12(18-4)8-6-11/h5-8,10,17H,9H2,1-4H3,(H,15,16). The molecule has 2 N–H and O–H groups in total. The number of nitrogens with one attached hydrogen (secondary N) is 1. The lowest BCUT2D eigenvalue weighted by Crippen LogP contribution is -2.44. The Hall–Kier alpha value is -1.55. The van der Waals surface area contributed by atoms with Crippen molar-refractivity contribution in [2.75, 3.05) is 13.7 Å². The Bertz CT molecular complexity index is 396. The van der Waals surface area contributed by atoms with Crippen molar-refractivity contribution in [1.82, 2.24) is 5.32 Å². The molecule has 0 saturated heterocycles. The lowest BCUT2D eigenvalue weighted by atomic mass is 9.92. The minimum atomic E-state index is -0.901. The van der Waals surface area contributed by atoms with E-state index in [1.807, 2.05) is 13.8 Å². The summed E-state index contributed by atoms with van der Waals surface area (Å²) in [5.41, 5.74) is -0.349. The highest BCUT2D eigenvalue weighted by atomic mass is 16.5. The summed E-state index contributed by atoms with van der Waals surface area (Å²) >= 11 is 0. The van der Waals surface area contributed by atoms with Crippen LogP contribution in [0, 0.1) is 5.92 Å². The SMILES string of the molecule is COc1ccc(C(=O)NCC(C)(O)C(C)C)cc1. The number of methoxy groups -OCH3 is 1. The Morgan fingerprint density at radius 1 is 1.39 bits per heavy atom. The molecule has 18 heavy (non-hydrogen) atoms. The number of ether oxygens (including phenoxy) is 1. The van der Waals surface area contributed by atoms with E-state index in [1.54, 1.807) is 38.3 Å². The van der Waals surface area contributed by atoms with Gasteiger partial charge in [0.05, 0.1) is 12.7 Å². The van der Waals surface area contributed by atoms with Crippen LogP contribution >= 0.6 is 0 Å². The molecule has 0 aliphatic carbocycles. The Labute approximate surface area is 108 Å². The van der Waals surface area contributed by atoms with E-state index in [-0.39, 0.29) is 18.4 Å². The third-order valence-electron chi connectivity index (χ3n) is 3.20. The number of benzene rings is 1. The summed E-state index contributed by atoms with van der Waals surface area (Å²) in [6, 6.07) is 6.85. The molecule has 0 aliphatic rings. The van der Waals surface area contributed by atoms with E-state index in [2.05, 4.69) is 5.32 Å². The fraction of sp³-hybridized carbons (Fsp3) is 0.500. The van der Waals surface area contributed by atoms with Crippen LogP contribution in [0.3, 0.4) is 0 Å². The molecule has 4 heteroatoms. The highest BCUT2D eigenvalue weighted by molar-refractivity contribution is 5.94. The summed E-state index contributed by atoms with van der Waals surface area (Å²) in [6.07, 6.45) is 0. The van der Waals surface area contributed by atoms with E-state index in [0.717, 1.165) is 0 Å². The van der Waals surface area contributed by atoms with Gasteiger partial charge < -0.3 is 15.2 Å². The Kier molecular flexibility index (Phi) is 4.73. The van der Waals surface area contributed by atoms with Crippen molar-refractivity contribution < 1.29 is 14.6 Å². The maximum atomic E-state index is 11.9. The van der Waals surface area contributed by atoms with Gasteiger partial charge in [-0.1, -0.05) is 13.8 Å². The fourth-order valence-electron chi connectivity index (χ4n) is 1.31. The van der Waals surface area contributed by atoms with E-state index in [0.29, 0.717) is 11.3 Å². The third kappa shape index (κ3) is 3.74. The normalized spacial score (nSPS) is 14.1.